The van der Waals surface area contributed by atoms with Gasteiger partial charge in [-0.05, 0) is 23.8 Å². The summed E-state index contributed by atoms with van der Waals surface area (Å²) < 4.78 is 38.7. The van der Waals surface area contributed by atoms with E-state index in [1.807, 2.05) is 30.3 Å². The van der Waals surface area contributed by atoms with Crippen LogP contribution in [0.4, 0.5) is 24.5 Å². The van der Waals surface area contributed by atoms with Crippen LogP contribution in [0.25, 0.3) is 0 Å². The molecule has 0 aliphatic heterocycles. The normalized spacial score (nSPS) is 11.2. The Morgan fingerprint density at radius 1 is 1.12 bits per heavy atom. The van der Waals surface area contributed by atoms with Crippen LogP contribution in [0.1, 0.15) is 11.1 Å². The molecule has 1 amide bonds. The summed E-state index contributed by atoms with van der Waals surface area (Å²) >= 11 is 1.41. The molecule has 134 valence electrons. The molecule has 0 aliphatic rings. The maximum absolute atomic E-state index is 12.9. The fourth-order valence-electron chi connectivity index (χ4n) is 2.22. The zero-order valence-electron chi connectivity index (χ0n) is 13.9. The fourth-order valence-corrected chi connectivity index (χ4v) is 3.01. The van der Waals surface area contributed by atoms with Crippen LogP contribution >= 0.6 is 11.8 Å². The van der Waals surface area contributed by atoms with Gasteiger partial charge in [-0.3, -0.25) is 4.79 Å². The van der Waals surface area contributed by atoms with Gasteiger partial charge in [0, 0.05) is 19.8 Å². The first-order valence-corrected chi connectivity index (χ1v) is 8.73. The van der Waals surface area contributed by atoms with E-state index in [9.17, 15) is 18.0 Å². The molecule has 3 nitrogen and oxygen atoms in total. The fraction of sp³-hybridized carbons (Fsp3) is 0.278. The van der Waals surface area contributed by atoms with Crippen molar-refractivity contribution in [2.45, 2.75) is 11.9 Å². The van der Waals surface area contributed by atoms with E-state index < -0.39 is 11.7 Å². The van der Waals surface area contributed by atoms with Crippen molar-refractivity contribution in [1.29, 1.82) is 0 Å². The second-order valence-corrected chi connectivity index (χ2v) is 6.64. The zero-order chi connectivity index (χ0) is 18.4. The molecule has 1 N–H and O–H groups in total. The highest BCUT2D eigenvalue weighted by Crippen LogP contribution is 2.35. The maximum Gasteiger partial charge on any atom is 0.416 e. The van der Waals surface area contributed by atoms with Gasteiger partial charge in [-0.2, -0.15) is 13.2 Å². The number of carbonyl (C=O) groups is 1. The Bertz CT molecular complexity index is 718. The lowest BCUT2D eigenvalue weighted by Crippen LogP contribution is -2.19. The summed E-state index contributed by atoms with van der Waals surface area (Å²) in [6, 6.07) is 13.0. The lowest BCUT2D eigenvalue weighted by atomic mass is 10.1. The van der Waals surface area contributed by atoms with Crippen LogP contribution < -0.4 is 10.2 Å². The molecule has 0 radical (unpaired) electrons. The van der Waals surface area contributed by atoms with E-state index in [4.69, 9.17) is 0 Å². The summed E-state index contributed by atoms with van der Waals surface area (Å²) in [6.45, 7) is 0. The minimum absolute atomic E-state index is 0.158. The standard InChI is InChI=1S/C18H19F3N2OS/c1-23(2)16-9-8-14(18(19,20)21)10-15(16)22-17(24)12-25-11-13-6-4-3-5-7-13/h3-10H,11-12H2,1-2H3,(H,22,24). The number of amides is 1. The van der Waals surface area contributed by atoms with Gasteiger partial charge >= 0.3 is 6.18 Å². The first-order chi connectivity index (χ1) is 11.8. The van der Waals surface area contributed by atoms with Crippen molar-refractivity contribution in [3.05, 3.63) is 59.7 Å². The van der Waals surface area contributed by atoms with Gasteiger partial charge in [0.25, 0.3) is 0 Å². The Morgan fingerprint density at radius 3 is 2.40 bits per heavy atom. The van der Waals surface area contributed by atoms with Crippen molar-refractivity contribution in [2.24, 2.45) is 0 Å². The average molecular weight is 368 g/mol. The predicted octanol–water partition coefficient (Wildman–Crippen LogP) is 4.64. The summed E-state index contributed by atoms with van der Waals surface area (Å²) in [5.74, 6) is 0.499. The number of hydrogen-bond donors (Lipinski definition) is 1. The molecule has 0 saturated heterocycles. The Labute approximate surface area is 149 Å². The SMILES string of the molecule is CN(C)c1ccc(C(F)(F)F)cc1NC(=O)CSCc1ccccc1. The summed E-state index contributed by atoms with van der Waals surface area (Å²) in [5, 5.41) is 2.59. The number of nitrogens with zero attached hydrogens (tertiary/aromatic N) is 1. The second-order valence-electron chi connectivity index (χ2n) is 5.65. The van der Waals surface area contributed by atoms with E-state index in [1.54, 1.807) is 19.0 Å². The molecule has 7 heteroatoms. The van der Waals surface area contributed by atoms with Crippen LogP contribution in [0.15, 0.2) is 48.5 Å². The predicted molar refractivity (Wildman–Crippen MR) is 97.0 cm³/mol. The van der Waals surface area contributed by atoms with Crippen molar-refractivity contribution >= 4 is 29.0 Å². The molecule has 25 heavy (non-hydrogen) atoms. The van der Waals surface area contributed by atoms with E-state index in [2.05, 4.69) is 5.32 Å². The lowest BCUT2D eigenvalue weighted by molar-refractivity contribution is -0.137. The zero-order valence-corrected chi connectivity index (χ0v) is 14.7. The molecule has 2 aromatic carbocycles. The minimum Gasteiger partial charge on any atom is -0.376 e. The van der Waals surface area contributed by atoms with Crippen molar-refractivity contribution in [1.82, 2.24) is 0 Å². The van der Waals surface area contributed by atoms with Crippen LogP contribution in [0.3, 0.4) is 0 Å². The molecule has 0 unspecified atom stereocenters. The number of carbonyl (C=O) groups excluding carboxylic acids is 1. The van der Waals surface area contributed by atoms with Gasteiger partial charge in [-0.25, -0.2) is 0 Å². The van der Waals surface area contributed by atoms with Gasteiger partial charge < -0.3 is 10.2 Å². The van der Waals surface area contributed by atoms with Crippen LogP contribution in [0.5, 0.6) is 0 Å². The van der Waals surface area contributed by atoms with E-state index in [-0.39, 0.29) is 17.3 Å². The monoisotopic (exact) mass is 368 g/mol. The highest BCUT2D eigenvalue weighted by atomic mass is 32.2. The van der Waals surface area contributed by atoms with Gasteiger partial charge in [0.2, 0.25) is 5.91 Å². The van der Waals surface area contributed by atoms with Crippen molar-refractivity contribution in [3.63, 3.8) is 0 Å². The number of benzene rings is 2. The van der Waals surface area contributed by atoms with Gasteiger partial charge in [-0.15, -0.1) is 11.8 Å². The Kier molecular flexibility index (Phi) is 6.36. The third-order valence-electron chi connectivity index (χ3n) is 3.42. The molecule has 0 spiro atoms. The highest BCUT2D eigenvalue weighted by molar-refractivity contribution is 7.99. The van der Waals surface area contributed by atoms with E-state index >= 15 is 0 Å². The maximum atomic E-state index is 12.9. The molecular formula is C18H19F3N2OS. The molecule has 0 aliphatic carbocycles. The number of halogens is 3. The third kappa shape index (κ3) is 5.70. The van der Waals surface area contributed by atoms with Gasteiger partial charge in [0.05, 0.1) is 22.7 Å². The molecule has 0 aromatic heterocycles. The smallest absolute Gasteiger partial charge is 0.376 e. The number of alkyl halides is 3. The molecule has 0 saturated carbocycles. The molecule has 2 aromatic rings. The van der Waals surface area contributed by atoms with Crippen molar-refractivity contribution < 1.29 is 18.0 Å². The second kappa shape index (κ2) is 8.29. The Morgan fingerprint density at radius 2 is 1.80 bits per heavy atom. The quantitative estimate of drug-likeness (QED) is 0.806. The van der Waals surface area contributed by atoms with Crippen molar-refractivity contribution in [2.75, 3.05) is 30.1 Å². The molecule has 0 fully saturated rings. The van der Waals surface area contributed by atoms with Gasteiger partial charge in [0.15, 0.2) is 0 Å². The summed E-state index contributed by atoms with van der Waals surface area (Å²) in [7, 11) is 3.42. The average Bonchev–Trinajstić information content (AvgIpc) is 2.54. The van der Waals surface area contributed by atoms with Crippen LogP contribution in [-0.4, -0.2) is 25.8 Å². The minimum atomic E-state index is -4.45. The number of nitrogens with one attached hydrogen (secondary N) is 1. The van der Waals surface area contributed by atoms with Crippen LogP contribution in [-0.2, 0) is 16.7 Å². The van der Waals surface area contributed by atoms with Crippen molar-refractivity contribution in [3.8, 4) is 0 Å². The van der Waals surface area contributed by atoms with E-state index in [0.29, 0.717) is 11.4 Å². The number of rotatable bonds is 6. The van der Waals surface area contributed by atoms with Crippen LogP contribution in [0.2, 0.25) is 0 Å². The first kappa shape index (κ1) is 19.2. The topological polar surface area (TPSA) is 32.3 Å². The van der Waals surface area contributed by atoms with Gasteiger partial charge in [0.1, 0.15) is 0 Å². The number of anilines is 2. The number of hydrogen-bond acceptors (Lipinski definition) is 3. The van der Waals surface area contributed by atoms with Gasteiger partial charge in [-0.1, -0.05) is 30.3 Å². The summed E-state index contributed by atoms with van der Waals surface area (Å²) in [4.78, 5) is 13.8. The van der Waals surface area contributed by atoms with E-state index in [1.165, 1.54) is 17.8 Å². The molecular weight excluding hydrogens is 349 g/mol. The molecule has 2 rings (SSSR count). The first-order valence-electron chi connectivity index (χ1n) is 7.57. The summed E-state index contributed by atoms with van der Waals surface area (Å²) in [5.41, 5.74) is 0.984. The highest BCUT2D eigenvalue weighted by Gasteiger charge is 2.31. The van der Waals surface area contributed by atoms with Crippen LogP contribution in [0, 0.1) is 0 Å². The largest absolute Gasteiger partial charge is 0.416 e. The molecule has 0 atom stereocenters. The molecule has 0 heterocycles. The lowest BCUT2D eigenvalue weighted by Gasteiger charge is -2.19. The Hall–Kier alpha value is -2.15. The summed E-state index contributed by atoms with van der Waals surface area (Å²) in [6.07, 6.45) is -4.45. The van der Waals surface area contributed by atoms with E-state index in [0.717, 1.165) is 17.7 Å². The Balaban J connectivity index is 2.03. The number of thioether (sulfide) groups is 1. The third-order valence-corrected chi connectivity index (χ3v) is 4.43. The molecule has 0 bridgehead atoms.